The molecule has 0 amide bonds. The zero-order chi connectivity index (χ0) is 8.97. The number of thiazole rings is 1. The second kappa shape index (κ2) is 4.74. The van der Waals surface area contributed by atoms with Crippen LogP contribution in [0.15, 0.2) is 22.0 Å². The highest BCUT2D eigenvalue weighted by Crippen LogP contribution is 2.12. The normalized spacial score (nSPS) is 12.8. The van der Waals surface area contributed by atoms with E-state index < -0.39 is 0 Å². The van der Waals surface area contributed by atoms with Gasteiger partial charge < -0.3 is 5.32 Å². The molecule has 1 atom stereocenters. The maximum atomic E-state index is 4.21. The zero-order valence-electron chi connectivity index (χ0n) is 6.88. The molecule has 1 heterocycles. The third kappa shape index (κ3) is 3.05. The summed E-state index contributed by atoms with van der Waals surface area (Å²) in [5, 5.41) is 5.33. The van der Waals surface area contributed by atoms with Crippen molar-refractivity contribution < 1.29 is 0 Å². The minimum absolute atomic E-state index is 0.297. The first-order valence-electron chi connectivity index (χ1n) is 3.65. The van der Waals surface area contributed by atoms with Crippen LogP contribution in [-0.2, 0) is 0 Å². The van der Waals surface area contributed by atoms with Gasteiger partial charge in [0.05, 0.1) is 11.2 Å². The molecule has 1 aromatic heterocycles. The van der Waals surface area contributed by atoms with E-state index in [1.807, 2.05) is 5.51 Å². The Labute approximate surface area is 84.8 Å². The van der Waals surface area contributed by atoms with Gasteiger partial charge in [-0.05, 0) is 6.92 Å². The third-order valence-electron chi connectivity index (χ3n) is 1.50. The van der Waals surface area contributed by atoms with Crippen molar-refractivity contribution in [2.45, 2.75) is 13.0 Å². The molecular formula is C8H11BrN2S. The number of nitrogens with zero attached hydrogens (tertiary/aromatic N) is 1. The van der Waals surface area contributed by atoms with Crippen molar-refractivity contribution in [2.24, 2.45) is 0 Å². The van der Waals surface area contributed by atoms with Crippen LogP contribution in [0.2, 0.25) is 0 Å². The number of rotatable bonds is 4. The van der Waals surface area contributed by atoms with Crippen LogP contribution in [0.5, 0.6) is 0 Å². The number of halogens is 1. The van der Waals surface area contributed by atoms with Gasteiger partial charge in [-0.2, -0.15) is 0 Å². The SMILES string of the molecule is C=C(Br)CNC(C)c1cscn1. The third-order valence-corrected chi connectivity index (χ3v) is 2.38. The van der Waals surface area contributed by atoms with Gasteiger partial charge in [0, 0.05) is 22.4 Å². The van der Waals surface area contributed by atoms with E-state index >= 15 is 0 Å². The molecule has 66 valence electrons. The fraction of sp³-hybridized carbons (Fsp3) is 0.375. The molecular weight excluding hydrogens is 236 g/mol. The standard InChI is InChI=1S/C8H11BrN2S/c1-6(9)3-10-7(2)8-4-12-5-11-8/h4-5,7,10H,1,3H2,2H3. The Morgan fingerprint density at radius 3 is 3.17 bits per heavy atom. The maximum absolute atomic E-state index is 4.21. The fourth-order valence-electron chi connectivity index (χ4n) is 0.804. The summed E-state index contributed by atoms with van der Waals surface area (Å²) in [6.45, 7) is 6.61. The summed E-state index contributed by atoms with van der Waals surface area (Å²) in [6.07, 6.45) is 0. The molecule has 0 saturated carbocycles. The molecule has 0 fully saturated rings. The Balaban J connectivity index is 2.39. The monoisotopic (exact) mass is 246 g/mol. The van der Waals surface area contributed by atoms with Gasteiger partial charge in [0.15, 0.2) is 0 Å². The van der Waals surface area contributed by atoms with Gasteiger partial charge in [-0.1, -0.05) is 22.5 Å². The molecule has 0 aliphatic carbocycles. The zero-order valence-corrected chi connectivity index (χ0v) is 9.28. The lowest BCUT2D eigenvalue weighted by atomic mass is 10.2. The molecule has 0 radical (unpaired) electrons. The molecule has 0 aliphatic rings. The Morgan fingerprint density at radius 1 is 1.92 bits per heavy atom. The van der Waals surface area contributed by atoms with Gasteiger partial charge in [0.25, 0.3) is 0 Å². The largest absolute Gasteiger partial charge is 0.304 e. The van der Waals surface area contributed by atoms with Crippen LogP contribution >= 0.6 is 27.3 Å². The van der Waals surface area contributed by atoms with Crippen LogP contribution in [-0.4, -0.2) is 11.5 Å². The van der Waals surface area contributed by atoms with Crippen LogP contribution in [0.25, 0.3) is 0 Å². The van der Waals surface area contributed by atoms with Crippen LogP contribution < -0.4 is 5.32 Å². The predicted molar refractivity (Wildman–Crippen MR) is 56.6 cm³/mol. The number of aromatic nitrogens is 1. The van der Waals surface area contributed by atoms with Gasteiger partial charge >= 0.3 is 0 Å². The van der Waals surface area contributed by atoms with Crippen molar-refractivity contribution in [3.63, 3.8) is 0 Å². The first-order chi connectivity index (χ1) is 5.70. The Hall–Kier alpha value is -0.190. The topological polar surface area (TPSA) is 24.9 Å². The van der Waals surface area contributed by atoms with E-state index in [-0.39, 0.29) is 0 Å². The second-order valence-corrected chi connectivity index (χ2v) is 4.37. The molecule has 4 heteroatoms. The smallest absolute Gasteiger partial charge is 0.0795 e. The van der Waals surface area contributed by atoms with E-state index in [4.69, 9.17) is 0 Å². The fourth-order valence-corrected chi connectivity index (χ4v) is 1.61. The van der Waals surface area contributed by atoms with Crippen LogP contribution in [0.1, 0.15) is 18.7 Å². The Morgan fingerprint density at radius 2 is 2.67 bits per heavy atom. The van der Waals surface area contributed by atoms with Crippen molar-refractivity contribution in [1.82, 2.24) is 10.3 Å². The second-order valence-electron chi connectivity index (χ2n) is 2.53. The summed E-state index contributed by atoms with van der Waals surface area (Å²) >= 11 is 4.91. The molecule has 0 spiro atoms. The molecule has 12 heavy (non-hydrogen) atoms. The highest BCUT2D eigenvalue weighted by molar-refractivity contribution is 9.11. The lowest BCUT2D eigenvalue weighted by Gasteiger charge is -2.09. The van der Waals surface area contributed by atoms with Crippen LogP contribution in [0, 0.1) is 0 Å². The number of hydrogen-bond acceptors (Lipinski definition) is 3. The molecule has 0 aliphatic heterocycles. The van der Waals surface area contributed by atoms with Gasteiger partial charge in [0.2, 0.25) is 0 Å². The molecule has 0 aromatic carbocycles. The average Bonchev–Trinajstić information content (AvgIpc) is 2.51. The first-order valence-corrected chi connectivity index (χ1v) is 5.38. The minimum atomic E-state index is 0.297. The lowest BCUT2D eigenvalue weighted by Crippen LogP contribution is -2.19. The molecule has 0 bridgehead atoms. The summed E-state index contributed by atoms with van der Waals surface area (Å²) < 4.78 is 0.963. The maximum Gasteiger partial charge on any atom is 0.0795 e. The minimum Gasteiger partial charge on any atom is -0.304 e. The Bertz CT molecular complexity index is 246. The Kier molecular flexibility index (Phi) is 3.91. The summed E-state index contributed by atoms with van der Waals surface area (Å²) in [5.41, 5.74) is 2.94. The van der Waals surface area contributed by atoms with Crippen molar-refractivity contribution >= 4 is 27.3 Å². The molecule has 1 aromatic rings. The molecule has 0 saturated heterocycles. The van der Waals surface area contributed by atoms with E-state index in [2.05, 4.69) is 45.1 Å². The molecule has 2 nitrogen and oxygen atoms in total. The van der Waals surface area contributed by atoms with Gasteiger partial charge in [-0.15, -0.1) is 11.3 Å². The van der Waals surface area contributed by atoms with E-state index in [1.165, 1.54) is 0 Å². The van der Waals surface area contributed by atoms with E-state index in [9.17, 15) is 0 Å². The van der Waals surface area contributed by atoms with E-state index in [0.717, 1.165) is 16.7 Å². The van der Waals surface area contributed by atoms with Crippen LogP contribution in [0.4, 0.5) is 0 Å². The van der Waals surface area contributed by atoms with Gasteiger partial charge in [0.1, 0.15) is 0 Å². The highest BCUT2D eigenvalue weighted by atomic mass is 79.9. The average molecular weight is 247 g/mol. The summed E-state index contributed by atoms with van der Waals surface area (Å²) in [7, 11) is 0. The predicted octanol–water partition coefficient (Wildman–Crippen LogP) is 2.70. The molecule has 1 unspecified atom stereocenters. The quantitative estimate of drug-likeness (QED) is 0.884. The number of hydrogen-bond donors (Lipinski definition) is 1. The molecule has 1 N–H and O–H groups in total. The summed E-state index contributed by atoms with van der Waals surface area (Å²) in [6, 6.07) is 0.297. The summed E-state index contributed by atoms with van der Waals surface area (Å²) in [5.74, 6) is 0. The first kappa shape index (κ1) is 9.89. The lowest BCUT2D eigenvalue weighted by molar-refractivity contribution is 0.603. The number of nitrogens with one attached hydrogen (secondary N) is 1. The van der Waals surface area contributed by atoms with Crippen molar-refractivity contribution in [3.05, 3.63) is 27.6 Å². The van der Waals surface area contributed by atoms with Gasteiger partial charge in [-0.25, -0.2) is 4.98 Å². The molecule has 1 rings (SSSR count). The van der Waals surface area contributed by atoms with Crippen molar-refractivity contribution in [1.29, 1.82) is 0 Å². The van der Waals surface area contributed by atoms with Crippen molar-refractivity contribution in [2.75, 3.05) is 6.54 Å². The van der Waals surface area contributed by atoms with E-state index in [0.29, 0.717) is 6.04 Å². The summed E-state index contributed by atoms with van der Waals surface area (Å²) in [4.78, 5) is 4.21. The van der Waals surface area contributed by atoms with Gasteiger partial charge in [-0.3, -0.25) is 0 Å². The van der Waals surface area contributed by atoms with E-state index in [1.54, 1.807) is 11.3 Å². The highest BCUT2D eigenvalue weighted by Gasteiger charge is 2.05. The van der Waals surface area contributed by atoms with Crippen molar-refractivity contribution in [3.8, 4) is 0 Å². The van der Waals surface area contributed by atoms with Crippen LogP contribution in [0.3, 0.4) is 0 Å².